The zero-order chi connectivity index (χ0) is 14.6. The zero-order valence-electron chi connectivity index (χ0n) is 12.0. The monoisotopic (exact) mass is 300 g/mol. The van der Waals surface area contributed by atoms with E-state index in [-0.39, 0.29) is 11.6 Å². The van der Waals surface area contributed by atoms with Gasteiger partial charge in [-0.25, -0.2) is 13.1 Å². The number of sulfonamides is 1. The number of rotatable bonds is 6. The predicted molar refractivity (Wildman–Crippen MR) is 77.6 cm³/mol. The van der Waals surface area contributed by atoms with Crippen molar-refractivity contribution >= 4 is 10.0 Å². The molecule has 0 radical (unpaired) electrons. The van der Waals surface area contributed by atoms with Crippen LogP contribution in [0.25, 0.3) is 0 Å². The van der Waals surface area contributed by atoms with E-state index in [0.717, 1.165) is 6.42 Å². The molecular weight excluding hydrogens is 276 g/mol. The minimum Gasteiger partial charge on any atom is -0.326 e. The molecule has 0 aliphatic heterocycles. The number of hydrogen-bond donors (Lipinski definition) is 3. The summed E-state index contributed by atoms with van der Waals surface area (Å²) < 4.78 is 27.1. The third-order valence-corrected chi connectivity index (χ3v) is 5.49. The molecule has 0 aromatic carbocycles. The molecule has 0 saturated heterocycles. The summed E-state index contributed by atoms with van der Waals surface area (Å²) in [5.41, 5.74) is 6.86. The van der Waals surface area contributed by atoms with E-state index in [1.165, 1.54) is 32.1 Å². The molecule has 0 bridgehead atoms. The average molecular weight is 300 g/mol. The van der Waals surface area contributed by atoms with Crippen molar-refractivity contribution in [2.24, 2.45) is 11.7 Å². The SMILES string of the molecule is Cc1[nH]nc(S(=O)(=O)NCCC2CCCCC2)c1CN. The normalized spacial score (nSPS) is 17.5. The number of hydrogen-bond acceptors (Lipinski definition) is 4. The number of nitrogens with two attached hydrogens (primary N) is 1. The first kappa shape index (κ1) is 15.5. The molecule has 0 spiro atoms. The van der Waals surface area contributed by atoms with Crippen LogP contribution >= 0.6 is 0 Å². The Morgan fingerprint density at radius 2 is 2.05 bits per heavy atom. The van der Waals surface area contributed by atoms with Crippen LogP contribution in [0.3, 0.4) is 0 Å². The highest BCUT2D eigenvalue weighted by Gasteiger charge is 2.23. The first-order valence-corrected chi connectivity index (χ1v) is 8.76. The van der Waals surface area contributed by atoms with Crippen LogP contribution in [0.15, 0.2) is 5.03 Å². The molecule has 20 heavy (non-hydrogen) atoms. The summed E-state index contributed by atoms with van der Waals surface area (Å²) in [7, 11) is -3.56. The molecule has 1 aromatic heterocycles. The van der Waals surface area contributed by atoms with Crippen LogP contribution in [0.1, 0.15) is 49.8 Å². The topological polar surface area (TPSA) is 101 Å². The van der Waals surface area contributed by atoms with Crippen molar-refractivity contribution in [3.05, 3.63) is 11.3 Å². The van der Waals surface area contributed by atoms with E-state index in [2.05, 4.69) is 14.9 Å². The van der Waals surface area contributed by atoms with Crippen LogP contribution in [0, 0.1) is 12.8 Å². The number of nitrogens with zero attached hydrogens (tertiary/aromatic N) is 1. The number of H-pyrrole nitrogens is 1. The van der Waals surface area contributed by atoms with E-state index in [0.29, 0.717) is 23.7 Å². The second-order valence-corrected chi connectivity index (χ2v) is 7.21. The van der Waals surface area contributed by atoms with Crippen molar-refractivity contribution in [2.45, 2.75) is 57.0 Å². The fraction of sp³-hybridized carbons (Fsp3) is 0.769. The lowest BCUT2D eigenvalue weighted by Gasteiger charge is -2.21. The summed E-state index contributed by atoms with van der Waals surface area (Å²) >= 11 is 0. The second kappa shape index (κ2) is 6.69. The maximum atomic E-state index is 12.2. The van der Waals surface area contributed by atoms with Crippen LogP contribution in [0.4, 0.5) is 0 Å². The summed E-state index contributed by atoms with van der Waals surface area (Å²) in [4.78, 5) is 0. The highest BCUT2D eigenvalue weighted by Crippen LogP contribution is 2.26. The highest BCUT2D eigenvalue weighted by molar-refractivity contribution is 7.89. The molecular formula is C13H24N4O2S. The molecule has 1 aromatic rings. The molecule has 6 nitrogen and oxygen atoms in total. The quantitative estimate of drug-likeness (QED) is 0.739. The molecule has 0 atom stereocenters. The van der Waals surface area contributed by atoms with Gasteiger partial charge in [-0.2, -0.15) is 5.10 Å². The molecule has 1 heterocycles. The minimum atomic E-state index is -3.56. The van der Waals surface area contributed by atoms with Gasteiger partial charge >= 0.3 is 0 Å². The van der Waals surface area contributed by atoms with Gasteiger partial charge in [-0.15, -0.1) is 0 Å². The van der Waals surface area contributed by atoms with Gasteiger partial charge in [-0.3, -0.25) is 5.10 Å². The van der Waals surface area contributed by atoms with E-state index in [4.69, 9.17) is 5.73 Å². The Morgan fingerprint density at radius 1 is 1.35 bits per heavy atom. The van der Waals surface area contributed by atoms with Gasteiger partial charge in [0, 0.05) is 24.3 Å². The molecule has 1 saturated carbocycles. The molecule has 2 rings (SSSR count). The van der Waals surface area contributed by atoms with Gasteiger partial charge in [0.1, 0.15) is 0 Å². The summed E-state index contributed by atoms with van der Waals surface area (Å²) in [6.07, 6.45) is 7.20. The average Bonchev–Trinajstić information content (AvgIpc) is 2.81. The number of nitrogens with one attached hydrogen (secondary N) is 2. The Bertz CT molecular complexity index is 533. The molecule has 7 heteroatoms. The lowest BCUT2D eigenvalue weighted by Crippen LogP contribution is -2.28. The van der Waals surface area contributed by atoms with Crippen molar-refractivity contribution in [1.82, 2.24) is 14.9 Å². The minimum absolute atomic E-state index is 0.0427. The summed E-state index contributed by atoms with van der Waals surface area (Å²) in [6, 6.07) is 0. The lowest BCUT2D eigenvalue weighted by molar-refractivity contribution is 0.339. The Balaban J connectivity index is 1.93. The van der Waals surface area contributed by atoms with Crippen molar-refractivity contribution in [3.63, 3.8) is 0 Å². The highest BCUT2D eigenvalue weighted by atomic mass is 32.2. The van der Waals surface area contributed by atoms with Gasteiger partial charge < -0.3 is 5.73 Å². The molecule has 0 amide bonds. The van der Waals surface area contributed by atoms with Crippen LogP contribution in [0.2, 0.25) is 0 Å². The molecule has 4 N–H and O–H groups in total. The number of aromatic amines is 1. The fourth-order valence-corrected chi connectivity index (χ4v) is 4.08. The smallest absolute Gasteiger partial charge is 0.260 e. The maximum Gasteiger partial charge on any atom is 0.260 e. The second-order valence-electron chi connectivity index (χ2n) is 5.53. The van der Waals surface area contributed by atoms with Crippen molar-refractivity contribution in [2.75, 3.05) is 6.54 Å². The Morgan fingerprint density at radius 3 is 2.70 bits per heavy atom. The number of aryl methyl sites for hydroxylation is 1. The maximum absolute atomic E-state index is 12.2. The summed E-state index contributed by atoms with van der Waals surface area (Å²) in [5.74, 6) is 0.654. The Hall–Kier alpha value is -0.920. The van der Waals surface area contributed by atoms with Crippen molar-refractivity contribution < 1.29 is 8.42 Å². The molecule has 1 aliphatic carbocycles. The van der Waals surface area contributed by atoms with E-state index >= 15 is 0 Å². The molecule has 1 fully saturated rings. The Labute approximate surface area is 120 Å². The molecule has 114 valence electrons. The van der Waals surface area contributed by atoms with Gasteiger partial charge in [-0.05, 0) is 19.3 Å². The van der Waals surface area contributed by atoms with Gasteiger partial charge in [-0.1, -0.05) is 32.1 Å². The van der Waals surface area contributed by atoms with Gasteiger partial charge in [0.2, 0.25) is 0 Å². The van der Waals surface area contributed by atoms with Crippen LogP contribution < -0.4 is 10.5 Å². The molecule has 1 aliphatic rings. The largest absolute Gasteiger partial charge is 0.326 e. The summed E-state index contributed by atoms with van der Waals surface area (Å²) in [6.45, 7) is 2.42. The van der Waals surface area contributed by atoms with Gasteiger partial charge in [0.05, 0.1) is 0 Å². The van der Waals surface area contributed by atoms with E-state index in [9.17, 15) is 8.42 Å². The number of aromatic nitrogens is 2. The van der Waals surface area contributed by atoms with Crippen molar-refractivity contribution in [1.29, 1.82) is 0 Å². The standard InChI is InChI=1S/C13H24N4O2S/c1-10-12(9-14)13(17-16-10)20(18,19)15-8-7-11-5-3-2-4-6-11/h11,15H,2-9,14H2,1H3,(H,16,17). The zero-order valence-corrected chi connectivity index (χ0v) is 12.8. The van der Waals surface area contributed by atoms with Crippen LogP contribution in [-0.2, 0) is 16.6 Å². The molecule has 0 unspecified atom stereocenters. The van der Waals surface area contributed by atoms with E-state index < -0.39 is 10.0 Å². The first-order chi connectivity index (χ1) is 9.54. The van der Waals surface area contributed by atoms with E-state index in [1.807, 2.05) is 0 Å². The van der Waals surface area contributed by atoms with Gasteiger partial charge in [0.15, 0.2) is 5.03 Å². The van der Waals surface area contributed by atoms with Crippen LogP contribution in [0.5, 0.6) is 0 Å². The van der Waals surface area contributed by atoms with Gasteiger partial charge in [0.25, 0.3) is 10.0 Å². The predicted octanol–water partition coefficient (Wildman–Crippen LogP) is 1.43. The third kappa shape index (κ3) is 3.59. The third-order valence-electron chi connectivity index (χ3n) is 4.06. The lowest BCUT2D eigenvalue weighted by atomic mass is 9.87. The fourth-order valence-electron chi connectivity index (χ4n) is 2.83. The van der Waals surface area contributed by atoms with Crippen molar-refractivity contribution in [3.8, 4) is 0 Å². The Kier molecular flexibility index (Phi) is 5.17. The van der Waals surface area contributed by atoms with Crippen LogP contribution in [-0.4, -0.2) is 25.2 Å². The van der Waals surface area contributed by atoms with E-state index in [1.54, 1.807) is 6.92 Å². The first-order valence-electron chi connectivity index (χ1n) is 7.28. The summed E-state index contributed by atoms with van der Waals surface area (Å²) in [5, 5.41) is 6.60.